The average Bonchev–Trinajstić information content (AvgIpc) is 3.29. The van der Waals surface area contributed by atoms with Crippen LogP contribution < -0.4 is 4.74 Å². The molecule has 0 amide bonds. The van der Waals surface area contributed by atoms with Crippen LogP contribution in [0.25, 0.3) is 0 Å². The lowest BCUT2D eigenvalue weighted by Crippen LogP contribution is -2.54. The molecule has 0 N–H and O–H groups in total. The molecule has 8 heteroatoms. The van der Waals surface area contributed by atoms with E-state index in [1.807, 2.05) is 0 Å². The summed E-state index contributed by atoms with van der Waals surface area (Å²) in [5.74, 6) is 0.490. The third kappa shape index (κ3) is 3.96. The van der Waals surface area contributed by atoms with Crippen molar-refractivity contribution in [2.75, 3.05) is 13.1 Å². The number of hydrazine groups is 1. The number of alkyl halides is 2. The van der Waals surface area contributed by atoms with Gasteiger partial charge in [-0.25, -0.2) is 9.40 Å². The van der Waals surface area contributed by atoms with E-state index >= 15 is 0 Å². The number of benzene rings is 1. The Morgan fingerprint density at radius 2 is 2.07 bits per heavy atom. The van der Waals surface area contributed by atoms with Crippen LogP contribution in [0, 0.1) is 5.82 Å². The van der Waals surface area contributed by atoms with E-state index in [2.05, 4.69) is 5.16 Å². The van der Waals surface area contributed by atoms with Crippen LogP contribution in [0.3, 0.4) is 0 Å². The molecule has 0 aliphatic carbocycles. The van der Waals surface area contributed by atoms with Crippen LogP contribution in [0.4, 0.5) is 13.2 Å². The van der Waals surface area contributed by atoms with Gasteiger partial charge in [0.15, 0.2) is 5.76 Å². The van der Waals surface area contributed by atoms with Gasteiger partial charge < -0.3 is 9.26 Å². The van der Waals surface area contributed by atoms with Gasteiger partial charge in [0, 0.05) is 31.6 Å². The largest absolute Gasteiger partial charge is 0.485 e. The Morgan fingerprint density at radius 1 is 1.19 bits per heavy atom. The first-order chi connectivity index (χ1) is 13.0. The summed E-state index contributed by atoms with van der Waals surface area (Å²) in [6.45, 7) is 1.04. The van der Waals surface area contributed by atoms with Crippen LogP contribution in [0.15, 0.2) is 34.9 Å². The Kier molecular flexibility index (Phi) is 5.10. The lowest BCUT2D eigenvalue weighted by atomic mass is 10.1. The first-order valence-corrected chi connectivity index (χ1v) is 9.29. The van der Waals surface area contributed by atoms with Gasteiger partial charge in [-0.15, -0.1) is 0 Å². The highest BCUT2D eigenvalue weighted by molar-refractivity contribution is 5.22. The SMILES string of the molecule is Fc1cccc(OCc2cc([C@@H]3CCCN3N3CCCCC3(F)F)no2)c1. The van der Waals surface area contributed by atoms with Gasteiger partial charge in [0.1, 0.15) is 23.9 Å². The van der Waals surface area contributed by atoms with Crippen molar-refractivity contribution < 1.29 is 22.4 Å². The van der Waals surface area contributed by atoms with E-state index in [0.29, 0.717) is 36.7 Å². The average molecular weight is 381 g/mol. The van der Waals surface area contributed by atoms with Gasteiger partial charge >= 0.3 is 6.05 Å². The molecule has 2 aromatic rings. The number of aromatic nitrogens is 1. The minimum Gasteiger partial charge on any atom is -0.485 e. The molecular weight excluding hydrogens is 359 g/mol. The van der Waals surface area contributed by atoms with E-state index in [1.54, 1.807) is 23.2 Å². The van der Waals surface area contributed by atoms with Crippen molar-refractivity contribution in [3.63, 3.8) is 0 Å². The molecule has 27 heavy (non-hydrogen) atoms. The van der Waals surface area contributed by atoms with E-state index < -0.39 is 6.05 Å². The highest BCUT2D eigenvalue weighted by Gasteiger charge is 2.46. The maximum absolute atomic E-state index is 14.3. The number of hydrogen-bond donors (Lipinski definition) is 0. The molecule has 0 radical (unpaired) electrons. The summed E-state index contributed by atoms with van der Waals surface area (Å²) in [5, 5.41) is 7.04. The van der Waals surface area contributed by atoms with Gasteiger partial charge in [0.05, 0.1) is 6.04 Å². The Bertz CT molecular complexity index is 783. The van der Waals surface area contributed by atoms with Crippen LogP contribution in [0.5, 0.6) is 5.75 Å². The van der Waals surface area contributed by atoms with Crippen molar-refractivity contribution in [3.8, 4) is 5.75 Å². The van der Waals surface area contributed by atoms with E-state index in [-0.39, 0.29) is 24.9 Å². The van der Waals surface area contributed by atoms with Crippen molar-refractivity contribution in [3.05, 3.63) is 47.6 Å². The topological polar surface area (TPSA) is 41.7 Å². The molecule has 0 saturated carbocycles. The fourth-order valence-electron chi connectivity index (χ4n) is 3.81. The highest BCUT2D eigenvalue weighted by atomic mass is 19.3. The Labute approximate surface area is 155 Å². The standard InChI is InChI=1S/C19H22F3N3O2/c20-14-5-3-6-15(11-14)26-13-16-12-17(23-27-16)18-7-4-9-24(18)25-10-2-1-8-19(25,21)22/h3,5-6,11-12,18H,1-2,4,7-10,13H2/t18-/m0/s1. The molecule has 1 aromatic carbocycles. The first kappa shape index (κ1) is 18.3. The zero-order valence-electron chi connectivity index (χ0n) is 14.9. The molecule has 1 aromatic heterocycles. The Balaban J connectivity index is 1.44. The maximum atomic E-state index is 14.3. The molecule has 2 aliphatic heterocycles. The van der Waals surface area contributed by atoms with Crippen molar-refractivity contribution in [2.45, 2.75) is 50.8 Å². The van der Waals surface area contributed by atoms with Crippen LogP contribution in [0.1, 0.15) is 49.6 Å². The summed E-state index contributed by atoms with van der Waals surface area (Å²) < 4.78 is 52.7. The fraction of sp³-hybridized carbons (Fsp3) is 0.526. The molecule has 3 heterocycles. The van der Waals surface area contributed by atoms with Crippen molar-refractivity contribution in [2.24, 2.45) is 0 Å². The molecule has 0 spiro atoms. The number of piperidine rings is 1. The number of hydrogen-bond acceptors (Lipinski definition) is 5. The molecule has 0 bridgehead atoms. The second-order valence-electron chi connectivity index (χ2n) is 7.03. The van der Waals surface area contributed by atoms with Gasteiger partial charge in [-0.3, -0.25) is 0 Å². The lowest BCUT2D eigenvalue weighted by Gasteiger charge is -2.42. The molecule has 1 atom stereocenters. The van der Waals surface area contributed by atoms with Gasteiger partial charge in [0.2, 0.25) is 0 Å². The van der Waals surface area contributed by atoms with Crippen molar-refractivity contribution >= 4 is 0 Å². The van der Waals surface area contributed by atoms with E-state index in [9.17, 15) is 13.2 Å². The third-order valence-electron chi connectivity index (χ3n) is 5.11. The monoisotopic (exact) mass is 381 g/mol. The van der Waals surface area contributed by atoms with E-state index in [0.717, 1.165) is 19.3 Å². The van der Waals surface area contributed by atoms with Crippen molar-refractivity contribution in [1.82, 2.24) is 15.2 Å². The normalized spacial score (nSPS) is 23.6. The summed E-state index contributed by atoms with van der Waals surface area (Å²) in [7, 11) is 0. The number of nitrogens with zero attached hydrogens (tertiary/aromatic N) is 3. The highest BCUT2D eigenvalue weighted by Crippen LogP contribution is 2.40. The predicted octanol–water partition coefficient (Wildman–Crippen LogP) is 4.52. The molecule has 5 nitrogen and oxygen atoms in total. The van der Waals surface area contributed by atoms with Crippen LogP contribution >= 0.6 is 0 Å². The van der Waals surface area contributed by atoms with Gasteiger partial charge in [-0.05, 0) is 37.8 Å². The maximum Gasteiger partial charge on any atom is 0.317 e. The minimum absolute atomic E-state index is 0.100. The zero-order chi connectivity index (χ0) is 18.9. The zero-order valence-corrected chi connectivity index (χ0v) is 14.9. The lowest BCUT2D eigenvalue weighted by molar-refractivity contribution is -0.262. The summed E-state index contributed by atoms with van der Waals surface area (Å²) in [4.78, 5) is 0. The first-order valence-electron chi connectivity index (χ1n) is 9.29. The quantitative estimate of drug-likeness (QED) is 0.712. The summed E-state index contributed by atoms with van der Waals surface area (Å²) in [6, 6.07) is 4.54. The molecule has 2 aliphatic rings. The van der Waals surface area contributed by atoms with Crippen LogP contribution in [-0.2, 0) is 6.61 Å². The fourth-order valence-corrected chi connectivity index (χ4v) is 3.81. The molecule has 4 rings (SSSR count). The molecule has 146 valence electrons. The molecule has 2 fully saturated rings. The molecule has 2 saturated heterocycles. The van der Waals surface area contributed by atoms with Crippen molar-refractivity contribution in [1.29, 1.82) is 0 Å². The van der Waals surface area contributed by atoms with E-state index in [1.165, 1.54) is 17.1 Å². The van der Waals surface area contributed by atoms with Gasteiger partial charge in [-0.2, -0.15) is 13.8 Å². The minimum atomic E-state index is -2.81. The second-order valence-corrected chi connectivity index (χ2v) is 7.03. The number of ether oxygens (including phenoxy) is 1. The summed E-state index contributed by atoms with van der Waals surface area (Å²) >= 11 is 0. The molecular formula is C19H22F3N3O2. The van der Waals surface area contributed by atoms with Crippen LogP contribution in [0.2, 0.25) is 0 Å². The summed E-state index contributed by atoms with van der Waals surface area (Å²) in [6.07, 6.45) is 2.79. The van der Waals surface area contributed by atoms with E-state index in [4.69, 9.17) is 9.26 Å². The van der Waals surface area contributed by atoms with Crippen LogP contribution in [-0.4, -0.2) is 34.3 Å². The van der Waals surface area contributed by atoms with Gasteiger partial charge in [-0.1, -0.05) is 11.2 Å². The molecule has 0 unspecified atom stereocenters. The smallest absolute Gasteiger partial charge is 0.317 e. The number of halogens is 3. The second kappa shape index (κ2) is 7.52. The number of rotatable bonds is 5. The third-order valence-corrected chi connectivity index (χ3v) is 5.11. The predicted molar refractivity (Wildman–Crippen MR) is 91.4 cm³/mol. The Morgan fingerprint density at radius 3 is 2.89 bits per heavy atom. The Hall–Kier alpha value is -2.06. The van der Waals surface area contributed by atoms with Gasteiger partial charge in [0.25, 0.3) is 0 Å². The summed E-state index contributed by atoms with van der Waals surface area (Å²) in [5.41, 5.74) is 0.631.